The van der Waals surface area contributed by atoms with Crippen LogP contribution in [0.2, 0.25) is 0 Å². The molecule has 0 unspecified atom stereocenters. The van der Waals surface area contributed by atoms with Gasteiger partial charge in [-0.15, -0.1) is 24.5 Å². The van der Waals surface area contributed by atoms with Gasteiger partial charge < -0.3 is 14.8 Å². The summed E-state index contributed by atoms with van der Waals surface area (Å²) < 4.78 is 46.0. The molecule has 146 valence electrons. The summed E-state index contributed by atoms with van der Waals surface area (Å²) in [5, 5.41) is 4.49. The van der Waals surface area contributed by atoms with Crippen molar-refractivity contribution in [3.05, 3.63) is 40.9 Å². The first-order valence-electron chi connectivity index (χ1n) is 8.00. The lowest BCUT2D eigenvalue weighted by molar-refractivity contribution is -0.274. The molecule has 0 atom stereocenters. The van der Waals surface area contributed by atoms with Crippen molar-refractivity contribution in [3.63, 3.8) is 0 Å². The number of hydrogen-bond acceptors (Lipinski definition) is 6. The van der Waals surface area contributed by atoms with E-state index in [4.69, 9.17) is 4.74 Å². The average molecular weight is 402 g/mol. The molecule has 0 spiro atoms. The standard InChI is InChI=1S/C17H17F3N2O4S/c1-2-25-15(24)9-12-10-27-16(21-12)22-14(23)8-7-11-5-3-4-6-13(11)26-17(18,19)20/h3-6,10H,2,7-9H2,1H3,(H,21,22,23). The first kappa shape index (κ1) is 20.7. The van der Waals surface area contributed by atoms with Crippen LogP contribution in [0.3, 0.4) is 0 Å². The lowest BCUT2D eigenvalue weighted by Crippen LogP contribution is -2.18. The molecule has 1 aromatic heterocycles. The fourth-order valence-corrected chi connectivity index (χ4v) is 2.90. The number of benzene rings is 1. The number of aromatic nitrogens is 1. The second kappa shape index (κ2) is 9.36. The molecule has 0 saturated carbocycles. The molecule has 1 amide bonds. The van der Waals surface area contributed by atoms with Crippen LogP contribution in [-0.4, -0.2) is 29.8 Å². The second-order valence-corrected chi connectivity index (χ2v) is 6.19. The Labute approximate surface area is 157 Å². The predicted molar refractivity (Wildman–Crippen MR) is 92.5 cm³/mol. The van der Waals surface area contributed by atoms with E-state index in [0.29, 0.717) is 10.8 Å². The maximum absolute atomic E-state index is 12.4. The first-order chi connectivity index (χ1) is 12.8. The van der Waals surface area contributed by atoms with Crippen molar-refractivity contribution in [2.75, 3.05) is 11.9 Å². The molecular formula is C17H17F3N2O4S. The Hall–Kier alpha value is -2.62. The quantitative estimate of drug-likeness (QED) is 0.681. The van der Waals surface area contributed by atoms with Crippen LogP contribution in [0.5, 0.6) is 5.75 Å². The highest BCUT2D eigenvalue weighted by molar-refractivity contribution is 7.13. The zero-order chi connectivity index (χ0) is 19.9. The van der Waals surface area contributed by atoms with Crippen LogP contribution in [0, 0.1) is 0 Å². The molecule has 2 aromatic rings. The number of alkyl halides is 3. The SMILES string of the molecule is CCOC(=O)Cc1csc(NC(=O)CCc2ccccc2OC(F)(F)F)n1. The van der Waals surface area contributed by atoms with Gasteiger partial charge >= 0.3 is 12.3 Å². The maximum atomic E-state index is 12.4. The number of carbonyl (C=O) groups is 2. The van der Waals surface area contributed by atoms with Gasteiger partial charge in [0.05, 0.1) is 18.7 Å². The zero-order valence-electron chi connectivity index (χ0n) is 14.3. The first-order valence-corrected chi connectivity index (χ1v) is 8.88. The summed E-state index contributed by atoms with van der Waals surface area (Å²) in [5.74, 6) is -1.15. The molecule has 1 N–H and O–H groups in total. The van der Waals surface area contributed by atoms with E-state index in [-0.39, 0.29) is 37.2 Å². The van der Waals surface area contributed by atoms with Gasteiger partial charge in [0.1, 0.15) is 5.75 Å². The van der Waals surface area contributed by atoms with E-state index in [9.17, 15) is 22.8 Å². The molecule has 0 aliphatic rings. The van der Waals surface area contributed by atoms with Crippen LogP contribution in [0.15, 0.2) is 29.6 Å². The van der Waals surface area contributed by atoms with Crippen LogP contribution < -0.4 is 10.1 Å². The Kier molecular flexibility index (Phi) is 7.17. The molecule has 0 radical (unpaired) electrons. The summed E-state index contributed by atoms with van der Waals surface area (Å²) >= 11 is 1.15. The van der Waals surface area contributed by atoms with E-state index >= 15 is 0 Å². The van der Waals surface area contributed by atoms with Gasteiger partial charge in [0.15, 0.2) is 5.13 Å². The van der Waals surface area contributed by atoms with E-state index < -0.39 is 18.2 Å². The van der Waals surface area contributed by atoms with E-state index in [1.807, 2.05) is 0 Å². The normalized spacial score (nSPS) is 11.1. The van der Waals surface area contributed by atoms with Gasteiger partial charge in [0, 0.05) is 11.8 Å². The lowest BCUT2D eigenvalue weighted by atomic mass is 10.1. The van der Waals surface area contributed by atoms with Crippen LogP contribution in [-0.2, 0) is 27.2 Å². The van der Waals surface area contributed by atoms with Crippen molar-refractivity contribution < 1.29 is 32.2 Å². The molecule has 0 aliphatic heterocycles. The Morgan fingerprint density at radius 3 is 2.70 bits per heavy atom. The molecule has 1 heterocycles. The number of thiazole rings is 1. The second-order valence-electron chi connectivity index (χ2n) is 5.33. The molecule has 0 saturated heterocycles. The average Bonchev–Trinajstić information content (AvgIpc) is 2.99. The fourth-order valence-electron chi connectivity index (χ4n) is 2.17. The number of amides is 1. The summed E-state index contributed by atoms with van der Waals surface area (Å²) in [7, 11) is 0. The molecule has 2 rings (SSSR count). The highest BCUT2D eigenvalue weighted by Crippen LogP contribution is 2.27. The van der Waals surface area contributed by atoms with Crippen molar-refractivity contribution in [2.24, 2.45) is 0 Å². The van der Waals surface area contributed by atoms with Gasteiger partial charge in [0.2, 0.25) is 5.91 Å². The fraction of sp³-hybridized carbons (Fsp3) is 0.353. The third kappa shape index (κ3) is 7.26. The van der Waals surface area contributed by atoms with E-state index in [2.05, 4.69) is 15.0 Å². The molecule has 1 aromatic carbocycles. The number of anilines is 1. The maximum Gasteiger partial charge on any atom is 0.573 e. The number of rotatable bonds is 8. The largest absolute Gasteiger partial charge is 0.573 e. The Morgan fingerprint density at radius 1 is 1.26 bits per heavy atom. The van der Waals surface area contributed by atoms with Gasteiger partial charge in [-0.05, 0) is 25.0 Å². The smallest absolute Gasteiger partial charge is 0.466 e. The number of halogens is 3. The summed E-state index contributed by atoms with van der Waals surface area (Å²) in [6.45, 7) is 1.97. The van der Waals surface area contributed by atoms with E-state index in [1.54, 1.807) is 18.4 Å². The number of nitrogens with zero attached hydrogens (tertiary/aromatic N) is 1. The minimum absolute atomic E-state index is 0.00235. The van der Waals surface area contributed by atoms with Crippen molar-refractivity contribution >= 4 is 28.3 Å². The Balaban J connectivity index is 1.88. The Morgan fingerprint density at radius 2 is 2.00 bits per heavy atom. The monoisotopic (exact) mass is 402 g/mol. The third-order valence-corrected chi connectivity index (χ3v) is 4.06. The van der Waals surface area contributed by atoms with Crippen molar-refractivity contribution in [1.29, 1.82) is 0 Å². The van der Waals surface area contributed by atoms with Crippen LogP contribution >= 0.6 is 11.3 Å². The molecule has 0 fully saturated rings. The van der Waals surface area contributed by atoms with Gasteiger partial charge in [-0.3, -0.25) is 9.59 Å². The van der Waals surface area contributed by atoms with Crippen LogP contribution in [0.4, 0.5) is 18.3 Å². The summed E-state index contributed by atoms with van der Waals surface area (Å²) in [5.41, 5.74) is 0.741. The summed E-state index contributed by atoms with van der Waals surface area (Å²) in [6, 6.07) is 5.66. The van der Waals surface area contributed by atoms with E-state index in [0.717, 1.165) is 11.3 Å². The number of carbonyl (C=O) groups excluding carboxylic acids is 2. The van der Waals surface area contributed by atoms with Gasteiger partial charge in [-0.25, -0.2) is 4.98 Å². The van der Waals surface area contributed by atoms with Gasteiger partial charge in [0.25, 0.3) is 0 Å². The minimum atomic E-state index is -4.80. The molecule has 27 heavy (non-hydrogen) atoms. The van der Waals surface area contributed by atoms with Crippen molar-refractivity contribution in [3.8, 4) is 5.75 Å². The third-order valence-electron chi connectivity index (χ3n) is 3.25. The number of nitrogens with one attached hydrogen (secondary N) is 1. The topological polar surface area (TPSA) is 77.5 Å². The number of esters is 1. The zero-order valence-corrected chi connectivity index (χ0v) is 15.2. The van der Waals surface area contributed by atoms with Crippen LogP contribution in [0.1, 0.15) is 24.6 Å². The molecular weight excluding hydrogens is 385 g/mol. The molecule has 6 nitrogen and oxygen atoms in total. The van der Waals surface area contributed by atoms with Crippen LogP contribution in [0.25, 0.3) is 0 Å². The summed E-state index contributed by atoms with van der Waals surface area (Å²) in [4.78, 5) is 27.5. The van der Waals surface area contributed by atoms with Crippen molar-refractivity contribution in [2.45, 2.75) is 32.5 Å². The predicted octanol–water partition coefficient (Wildman–Crippen LogP) is 3.72. The number of aryl methyl sites for hydroxylation is 1. The summed E-state index contributed by atoms with van der Waals surface area (Å²) in [6.07, 6.45) is -4.78. The number of para-hydroxylation sites is 1. The number of ether oxygens (including phenoxy) is 2. The van der Waals surface area contributed by atoms with Gasteiger partial charge in [-0.2, -0.15) is 0 Å². The minimum Gasteiger partial charge on any atom is -0.466 e. The van der Waals surface area contributed by atoms with E-state index in [1.165, 1.54) is 18.2 Å². The van der Waals surface area contributed by atoms with Crippen molar-refractivity contribution in [1.82, 2.24) is 4.98 Å². The molecule has 10 heteroatoms. The molecule has 0 aliphatic carbocycles. The highest BCUT2D eigenvalue weighted by atomic mass is 32.1. The van der Waals surface area contributed by atoms with Gasteiger partial charge in [-0.1, -0.05) is 18.2 Å². The number of hydrogen-bond donors (Lipinski definition) is 1. The highest BCUT2D eigenvalue weighted by Gasteiger charge is 2.31. The lowest BCUT2D eigenvalue weighted by Gasteiger charge is -2.12. The Bertz CT molecular complexity index is 792. The molecule has 0 bridgehead atoms.